The number of amides is 1. The lowest BCUT2D eigenvalue weighted by Crippen LogP contribution is -2.35. The third-order valence-electron chi connectivity index (χ3n) is 3.64. The molecule has 0 bridgehead atoms. The molecule has 0 saturated carbocycles. The first kappa shape index (κ1) is 17.0. The molecule has 0 spiro atoms. The van der Waals surface area contributed by atoms with Gasteiger partial charge < -0.3 is 10.1 Å². The molecule has 24 heavy (non-hydrogen) atoms. The molecule has 0 aliphatic carbocycles. The first-order valence-electron chi connectivity index (χ1n) is 7.55. The zero-order valence-electron chi connectivity index (χ0n) is 13.7. The highest BCUT2D eigenvalue weighted by Gasteiger charge is 2.19. The van der Waals surface area contributed by atoms with Crippen molar-refractivity contribution >= 4 is 39.1 Å². The average molecular weight is 364 g/mol. The largest absolute Gasteiger partial charge is 0.383 e. The second kappa shape index (κ2) is 6.93. The number of nitrogens with zero attached hydrogens (tertiary/aromatic N) is 2. The van der Waals surface area contributed by atoms with E-state index >= 15 is 0 Å². The van der Waals surface area contributed by atoms with Crippen molar-refractivity contribution in [3.05, 3.63) is 45.9 Å². The fraction of sp³-hybridized carbons (Fsp3) is 0.294. The number of thiophene rings is 1. The highest BCUT2D eigenvalue weighted by atomic mass is 35.5. The molecular formula is C17H18ClN3O2S. The summed E-state index contributed by atoms with van der Waals surface area (Å²) in [4.78, 5) is 14.0. The van der Waals surface area contributed by atoms with Gasteiger partial charge in [-0.05, 0) is 32.0 Å². The highest BCUT2D eigenvalue weighted by molar-refractivity contribution is 7.20. The summed E-state index contributed by atoms with van der Waals surface area (Å²) in [5.41, 5.74) is 1.67. The molecular weight excluding hydrogens is 346 g/mol. The van der Waals surface area contributed by atoms with Crippen LogP contribution in [0.2, 0.25) is 5.02 Å². The monoisotopic (exact) mass is 363 g/mol. The summed E-state index contributed by atoms with van der Waals surface area (Å²) < 4.78 is 6.85. The summed E-state index contributed by atoms with van der Waals surface area (Å²) in [6.07, 6.45) is 0. The molecule has 1 atom stereocenters. The van der Waals surface area contributed by atoms with E-state index in [4.69, 9.17) is 16.3 Å². The lowest BCUT2D eigenvalue weighted by atomic mass is 10.3. The van der Waals surface area contributed by atoms with Crippen LogP contribution in [0.25, 0.3) is 15.9 Å². The van der Waals surface area contributed by atoms with Crippen LogP contribution in [-0.2, 0) is 4.74 Å². The van der Waals surface area contributed by atoms with Gasteiger partial charge >= 0.3 is 0 Å². The third kappa shape index (κ3) is 3.17. The molecule has 1 unspecified atom stereocenters. The van der Waals surface area contributed by atoms with E-state index in [2.05, 4.69) is 10.4 Å². The summed E-state index contributed by atoms with van der Waals surface area (Å²) in [7, 11) is 1.61. The SMILES string of the molecule is COCC(C)NC(=O)c1cc2c(C)nn(-c3ccccc3Cl)c2s1. The van der Waals surface area contributed by atoms with Crippen LogP contribution >= 0.6 is 22.9 Å². The number of hydrogen-bond donors (Lipinski definition) is 1. The van der Waals surface area contributed by atoms with Crippen molar-refractivity contribution in [2.24, 2.45) is 0 Å². The van der Waals surface area contributed by atoms with Crippen molar-refractivity contribution in [1.29, 1.82) is 0 Å². The molecule has 0 fully saturated rings. The van der Waals surface area contributed by atoms with Gasteiger partial charge in [-0.1, -0.05) is 23.7 Å². The van der Waals surface area contributed by atoms with Crippen LogP contribution < -0.4 is 5.32 Å². The van der Waals surface area contributed by atoms with E-state index in [0.29, 0.717) is 16.5 Å². The number of methoxy groups -OCH3 is 1. The number of fused-ring (bicyclic) bond motifs is 1. The maximum atomic E-state index is 12.4. The van der Waals surface area contributed by atoms with Gasteiger partial charge in [-0.15, -0.1) is 11.3 Å². The number of para-hydroxylation sites is 1. The Labute approximate surface area is 149 Å². The molecule has 1 N–H and O–H groups in total. The number of ether oxygens (including phenoxy) is 1. The summed E-state index contributed by atoms with van der Waals surface area (Å²) in [5, 5.41) is 9.07. The predicted molar refractivity (Wildman–Crippen MR) is 97.5 cm³/mol. The first-order valence-corrected chi connectivity index (χ1v) is 8.74. The summed E-state index contributed by atoms with van der Waals surface area (Å²) in [6.45, 7) is 4.31. The van der Waals surface area contributed by atoms with Gasteiger partial charge in [0.05, 0.1) is 27.9 Å². The Kier molecular flexibility index (Phi) is 4.89. The van der Waals surface area contributed by atoms with Crippen molar-refractivity contribution in [3.63, 3.8) is 0 Å². The molecule has 126 valence electrons. The Balaban J connectivity index is 1.99. The molecule has 0 saturated heterocycles. The molecule has 5 nitrogen and oxygen atoms in total. The molecule has 3 rings (SSSR count). The Morgan fingerprint density at radius 3 is 2.92 bits per heavy atom. The van der Waals surface area contributed by atoms with E-state index in [1.54, 1.807) is 11.8 Å². The molecule has 2 aromatic heterocycles. The van der Waals surface area contributed by atoms with Gasteiger partial charge in [0.1, 0.15) is 4.83 Å². The Hall–Kier alpha value is -1.89. The number of aryl methyl sites for hydroxylation is 1. The minimum absolute atomic E-state index is 0.0473. The van der Waals surface area contributed by atoms with Crippen molar-refractivity contribution in [3.8, 4) is 5.69 Å². The number of carbonyl (C=O) groups excluding carboxylic acids is 1. The van der Waals surface area contributed by atoms with Crippen LogP contribution in [-0.4, -0.2) is 35.4 Å². The van der Waals surface area contributed by atoms with Gasteiger partial charge in [0.2, 0.25) is 0 Å². The number of carbonyl (C=O) groups is 1. The van der Waals surface area contributed by atoms with Gasteiger partial charge in [-0.3, -0.25) is 4.79 Å². The van der Waals surface area contributed by atoms with Gasteiger partial charge in [0.25, 0.3) is 5.91 Å². The van der Waals surface area contributed by atoms with Crippen LogP contribution in [0.1, 0.15) is 22.3 Å². The molecule has 0 aliphatic heterocycles. The highest BCUT2D eigenvalue weighted by Crippen LogP contribution is 2.32. The van der Waals surface area contributed by atoms with E-state index in [1.165, 1.54) is 11.3 Å². The number of benzene rings is 1. The maximum Gasteiger partial charge on any atom is 0.261 e. The number of nitrogens with one attached hydrogen (secondary N) is 1. The van der Waals surface area contributed by atoms with Gasteiger partial charge in [-0.2, -0.15) is 5.10 Å². The normalized spacial score (nSPS) is 12.5. The number of halogens is 1. The minimum atomic E-state index is -0.106. The van der Waals surface area contributed by atoms with E-state index < -0.39 is 0 Å². The fourth-order valence-electron chi connectivity index (χ4n) is 2.53. The maximum absolute atomic E-state index is 12.4. The summed E-state index contributed by atoms with van der Waals surface area (Å²) in [6, 6.07) is 9.36. The average Bonchev–Trinajstić information content (AvgIpc) is 3.09. The molecule has 0 aliphatic rings. The van der Waals surface area contributed by atoms with Crippen molar-refractivity contribution in [2.75, 3.05) is 13.7 Å². The van der Waals surface area contributed by atoms with Crippen LogP contribution in [0.5, 0.6) is 0 Å². The lowest BCUT2D eigenvalue weighted by Gasteiger charge is -2.11. The zero-order valence-corrected chi connectivity index (χ0v) is 15.2. The van der Waals surface area contributed by atoms with Gasteiger partial charge in [0.15, 0.2) is 0 Å². The third-order valence-corrected chi connectivity index (χ3v) is 5.07. The van der Waals surface area contributed by atoms with Crippen molar-refractivity contribution in [1.82, 2.24) is 15.1 Å². The minimum Gasteiger partial charge on any atom is -0.383 e. The first-order chi connectivity index (χ1) is 11.5. The second-order valence-corrected chi connectivity index (χ2v) is 7.05. The van der Waals surface area contributed by atoms with E-state index in [-0.39, 0.29) is 11.9 Å². The van der Waals surface area contributed by atoms with Crippen molar-refractivity contribution in [2.45, 2.75) is 19.9 Å². The van der Waals surface area contributed by atoms with E-state index in [9.17, 15) is 4.79 Å². The molecule has 1 amide bonds. The van der Waals surface area contributed by atoms with Gasteiger partial charge in [-0.25, -0.2) is 4.68 Å². The molecule has 1 aromatic carbocycles. The predicted octanol–water partition coefficient (Wildman–Crippen LogP) is 3.81. The fourth-order valence-corrected chi connectivity index (χ4v) is 3.83. The molecule has 0 radical (unpaired) electrons. The number of rotatable bonds is 5. The van der Waals surface area contributed by atoms with Crippen LogP contribution in [0, 0.1) is 6.92 Å². The topological polar surface area (TPSA) is 56.1 Å². The van der Waals surface area contributed by atoms with E-state index in [1.807, 2.05) is 44.2 Å². The van der Waals surface area contributed by atoms with Gasteiger partial charge in [0, 0.05) is 18.5 Å². The smallest absolute Gasteiger partial charge is 0.261 e. The quantitative estimate of drug-likeness (QED) is 0.749. The van der Waals surface area contributed by atoms with Crippen molar-refractivity contribution < 1.29 is 9.53 Å². The van der Waals surface area contributed by atoms with Crippen LogP contribution in [0.3, 0.4) is 0 Å². The lowest BCUT2D eigenvalue weighted by molar-refractivity contribution is 0.0909. The standard InChI is InChI=1S/C17H18ClN3O2S/c1-10(9-23-3)19-16(22)15-8-12-11(2)20-21(17(12)24-15)14-7-5-4-6-13(14)18/h4-8,10H,9H2,1-3H3,(H,19,22). The van der Waals surface area contributed by atoms with E-state index in [0.717, 1.165) is 21.6 Å². The van der Waals surface area contributed by atoms with Crippen LogP contribution in [0.15, 0.2) is 30.3 Å². The molecule has 2 heterocycles. The summed E-state index contributed by atoms with van der Waals surface area (Å²) in [5.74, 6) is -0.106. The Morgan fingerprint density at radius 2 is 2.21 bits per heavy atom. The molecule has 3 aromatic rings. The molecule has 7 heteroatoms. The van der Waals surface area contributed by atoms with Crippen LogP contribution in [0.4, 0.5) is 0 Å². The summed E-state index contributed by atoms with van der Waals surface area (Å²) >= 11 is 7.70. The Bertz CT molecular complexity index is 887. The number of aromatic nitrogens is 2. The second-order valence-electron chi connectivity index (χ2n) is 5.61. The number of hydrogen-bond acceptors (Lipinski definition) is 4. The zero-order chi connectivity index (χ0) is 17.3. The Morgan fingerprint density at radius 1 is 1.46 bits per heavy atom.